The van der Waals surface area contributed by atoms with Gasteiger partial charge in [0.15, 0.2) is 0 Å². The summed E-state index contributed by atoms with van der Waals surface area (Å²) in [5.74, 6) is 0. The van der Waals surface area contributed by atoms with Crippen molar-refractivity contribution in [3.8, 4) is 0 Å². The maximum Gasteiger partial charge on any atom is 0.0948 e. The minimum Gasteiger partial charge on any atom is -0.333 e. The molecule has 0 aliphatic carbocycles. The lowest BCUT2D eigenvalue weighted by atomic mass is 9.91. The Bertz CT molecular complexity index is 270. The smallest absolute Gasteiger partial charge is 0.0948 e. The van der Waals surface area contributed by atoms with E-state index >= 15 is 0 Å². The Morgan fingerprint density at radius 3 is 2.71 bits per heavy atom. The molecule has 3 nitrogen and oxygen atoms in total. The quantitative estimate of drug-likeness (QED) is 0.792. The summed E-state index contributed by atoms with van der Waals surface area (Å²) in [7, 11) is 1.97. The van der Waals surface area contributed by atoms with Gasteiger partial charge in [0.2, 0.25) is 0 Å². The molecule has 14 heavy (non-hydrogen) atoms. The molecule has 0 aliphatic heterocycles. The van der Waals surface area contributed by atoms with Crippen molar-refractivity contribution >= 4 is 0 Å². The van der Waals surface area contributed by atoms with Gasteiger partial charge in [0, 0.05) is 25.0 Å². The predicted molar refractivity (Wildman–Crippen MR) is 59.3 cm³/mol. The summed E-state index contributed by atoms with van der Waals surface area (Å²) in [6.07, 6.45) is 4.97. The lowest BCUT2D eigenvalue weighted by molar-refractivity contribution is 0.397. The topological polar surface area (TPSA) is 29.9 Å². The van der Waals surface area contributed by atoms with Gasteiger partial charge in [-0.25, -0.2) is 4.98 Å². The van der Waals surface area contributed by atoms with Crippen LogP contribution >= 0.6 is 0 Å². The van der Waals surface area contributed by atoms with Crippen molar-refractivity contribution in [3.63, 3.8) is 0 Å². The Balaban J connectivity index is 2.63. The van der Waals surface area contributed by atoms with Gasteiger partial charge in [-0.1, -0.05) is 20.8 Å². The molecule has 1 aromatic heterocycles. The highest BCUT2D eigenvalue weighted by molar-refractivity contribution is 5.01. The average Bonchev–Trinajstić information content (AvgIpc) is 2.45. The van der Waals surface area contributed by atoms with Gasteiger partial charge in [-0.05, 0) is 18.9 Å². The number of likely N-dealkylation sites (N-methyl/N-ethyl adjacent to an activating group) is 1. The van der Waals surface area contributed by atoms with Gasteiger partial charge in [-0.2, -0.15) is 0 Å². The molecular formula is C11H21N3. The summed E-state index contributed by atoms with van der Waals surface area (Å²) in [6, 6.07) is 0. The summed E-state index contributed by atoms with van der Waals surface area (Å²) in [4.78, 5) is 4.19. The Morgan fingerprint density at radius 1 is 1.43 bits per heavy atom. The van der Waals surface area contributed by atoms with E-state index in [0.717, 1.165) is 19.5 Å². The Morgan fingerprint density at radius 2 is 2.14 bits per heavy atom. The molecule has 80 valence electrons. The fourth-order valence-corrected chi connectivity index (χ4v) is 1.47. The van der Waals surface area contributed by atoms with Crippen molar-refractivity contribution < 1.29 is 0 Å². The highest BCUT2D eigenvalue weighted by Crippen LogP contribution is 2.19. The van der Waals surface area contributed by atoms with Crippen molar-refractivity contribution in [2.24, 2.45) is 5.41 Å². The summed E-state index contributed by atoms with van der Waals surface area (Å²) < 4.78 is 2.22. The number of aromatic nitrogens is 2. The van der Waals surface area contributed by atoms with Crippen LogP contribution in [-0.4, -0.2) is 23.1 Å². The molecule has 0 unspecified atom stereocenters. The van der Waals surface area contributed by atoms with Gasteiger partial charge in [-0.15, -0.1) is 0 Å². The first-order chi connectivity index (χ1) is 6.53. The van der Waals surface area contributed by atoms with Crippen molar-refractivity contribution in [1.29, 1.82) is 0 Å². The monoisotopic (exact) mass is 195 g/mol. The van der Waals surface area contributed by atoms with E-state index in [2.05, 4.69) is 35.6 Å². The summed E-state index contributed by atoms with van der Waals surface area (Å²) in [6.45, 7) is 8.75. The van der Waals surface area contributed by atoms with Gasteiger partial charge < -0.3 is 9.88 Å². The standard InChI is InChI=1S/C11H21N3/c1-11(2,3)7-10-8-13-9-14(10)6-5-12-4/h8-9,12H,5-7H2,1-4H3. The highest BCUT2D eigenvalue weighted by Gasteiger charge is 2.13. The number of imidazole rings is 1. The van der Waals surface area contributed by atoms with E-state index in [1.165, 1.54) is 5.69 Å². The molecule has 3 heteroatoms. The Hall–Kier alpha value is -0.830. The molecule has 1 heterocycles. The molecule has 1 rings (SSSR count). The maximum atomic E-state index is 4.19. The zero-order valence-electron chi connectivity index (χ0n) is 9.67. The third kappa shape index (κ3) is 3.50. The number of nitrogens with one attached hydrogen (secondary N) is 1. The lowest BCUT2D eigenvalue weighted by Crippen LogP contribution is -2.18. The number of hydrogen-bond donors (Lipinski definition) is 1. The first kappa shape index (κ1) is 11.2. The van der Waals surface area contributed by atoms with Crippen molar-refractivity contribution in [2.75, 3.05) is 13.6 Å². The van der Waals surface area contributed by atoms with Crippen LogP contribution in [0.5, 0.6) is 0 Å². The van der Waals surface area contributed by atoms with Crippen molar-refractivity contribution in [1.82, 2.24) is 14.9 Å². The molecule has 0 spiro atoms. The van der Waals surface area contributed by atoms with Crippen molar-refractivity contribution in [2.45, 2.75) is 33.7 Å². The average molecular weight is 195 g/mol. The van der Waals surface area contributed by atoms with E-state index in [0.29, 0.717) is 5.41 Å². The zero-order valence-corrected chi connectivity index (χ0v) is 9.67. The fraction of sp³-hybridized carbons (Fsp3) is 0.727. The lowest BCUT2D eigenvalue weighted by Gasteiger charge is -2.19. The van der Waals surface area contributed by atoms with Crippen LogP contribution in [0.15, 0.2) is 12.5 Å². The first-order valence-corrected chi connectivity index (χ1v) is 5.16. The van der Waals surface area contributed by atoms with Gasteiger partial charge in [-0.3, -0.25) is 0 Å². The first-order valence-electron chi connectivity index (χ1n) is 5.16. The minimum absolute atomic E-state index is 0.331. The number of nitrogens with zero attached hydrogens (tertiary/aromatic N) is 2. The van der Waals surface area contributed by atoms with Crippen molar-refractivity contribution in [3.05, 3.63) is 18.2 Å². The number of rotatable bonds is 4. The third-order valence-electron chi connectivity index (χ3n) is 2.11. The van der Waals surface area contributed by atoms with Gasteiger partial charge in [0.25, 0.3) is 0 Å². The molecule has 1 N–H and O–H groups in total. The molecular weight excluding hydrogens is 174 g/mol. The van der Waals surface area contributed by atoms with Crippen LogP contribution in [0.1, 0.15) is 26.5 Å². The Labute approximate surface area is 86.5 Å². The molecule has 0 amide bonds. The SMILES string of the molecule is CNCCn1cncc1CC(C)(C)C. The summed E-state index contributed by atoms with van der Waals surface area (Å²) >= 11 is 0. The molecule has 0 saturated carbocycles. The van der Waals surface area contributed by atoms with Crippen LogP contribution in [0.3, 0.4) is 0 Å². The fourth-order valence-electron chi connectivity index (χ4n) is 1.47. The second kappa shape index (κ2) is 4.60. The maximum absolute atomic E-state index is 4.19. The van der Waals surface area contributed by atoms with Gasteiger partial charge in [0.1, 0.15) is 0 Å². The molecule has 0 aromatic carbocycles. The van der Waals surface area contributed by atoms with Crippen LogP contribution in [0.25, 0.3) is 0 Å². The molecule has 0 aliphatic rings. The Kier molecular flexibility index (Phi) is 3.69. The van der Waals surface area contributed by atoms with Crippen LogP contribution < -0.4 is 5.32 Å². The van der Waals surface area contributed by atoms with Gasteiger partial charge >= 0.3 is 0 Å². The van der Waals surface area contributed by atoms with Crippen LogP contribution in [0.2, 0.25) is 0 Å². The molecule has 0 saturated heterocycles. The zero-order chi connectivity index (χ0) is 10.6. The summed E-state index contributed by atoms with van der Waals surface area (Å²) in [5, 5.41) is 3.15. The summed E-state index contributed by atoms with van der Waals surface area (Å²) in [5.41, 5.74) is 1.66. The van der Waals surface area contributed by atoms with E-state index in [-0.39, 0.29) is 0 Å². The van der Waals surface area contributed by atoms with E-state index in [4.69, 9.17) is 0 Å². The third-order valence-corrected chi connectivity index (χ3v) is 2.11. The second-order valence-corrected chi connectivity index (χ2v) is 4.92. The second-order valence-electron chi connectivity index (χ2n) is 4.92. The molecule has 0 bridgehead atoms. The normalized spacial score (nSPS) is 12.0. The molecule has 0 radical (unpaired) electrons. The largest absolute Gasteiger partial charge is 0.333 e. The molecule has 0 atom stereocenters. The predicted octanol–water partition coefficient (Wildman–Crippen LogP) is 1.69. The number of hydrogen-bond acceptors (Lipinski definition) is 2. The van der Waals surface area contributed by atoms with E-state index in [1.807, 2.05) is 19.6 Å². The van der Waals surface area contributed by atoms with Crippen LogP contribution in [0, 0.1) is 5.41 Å². The van der Waals surface area contributed by atoms with E-state index < -0.39 is 0 Å². The van der Waals surface area contributed by atoms with Gasteiger partial charge in [0.05, 0.1) is 6.33 Å². The molecule has 1 aromatic rings. The van der Waals surface area contributed by atoms with Crippen LogP contribution in [0.4, 0.5) is 0 Å². The van der Waals surface area contributed by atoms with Crippen LogP contribution in [-0.2, 0) is 13.0 Å². The van der Waals surface area contributed by atoms with E-state index in [1.54, 1.807) is 0 Å². The minimum atomic E-state index is 0.331. The highest BCUT2D eigenvalue weighted by atomic mass is 15.1. The molecule has 0 fully saturated rings. The van der Waals surface area contributed by atoms with E-state index in [9.17, 15) is 0 Å².